The maximum atomic E-state index is 12.4. The van der Waals surface area contributed by atoms with Gasteiger partial charge < -0.3 is 15.4 Å². The molecule has 0 aromatic heterocycles. The van der Waals surface area contributed by atoms with Crippen LogP contribution in [0.2, 0.25) is 0 Å². The Morgan fingerprint density at radius 3 is 2.23 bits per heavy atom. The summed E-state index contributed by atoms with van der Waals surface area (Å²) in [5.74, 6) is 1.22. The van der Waals surface area contributed by atoms with Crippen molar-refractivity contribution in [2.24, 2.45) is 4.99 Å². The van der Waals surface area contributed by atoms with Crippen LogP contribution in [0.1, 0.15) is 39.1 Å². The molecule has 0 bridgehead atoms. The van der Waals surface area contributed by atoms with Crippen molar-refractivity contribution in [1.82, 2.24) is 15.5 Å². The quantitative estimate of drug-likeness (QED) is 0.288. The van der Waals surface area contributed by atoms with E-state index < -0.39 is 0 Å². The zero-order valence-corrected chi connectivity index (χ0v) is 17.5. The van der Waals surface area contributed by atoms with Crippen molar-refractivity contribution < 1.29 is 14.3 Å². The van der Waals surface area contributed by atoms with E-state index in [2.05, 4.69) is 21.7 Å². The normalized spacial score (nSPS) is 13.4. The van der Waals surface area contributed by atoms with E-state index >= 15 is 0 Å². The summed E-state index contributed by atoms with van der Waals surface area (Å²) >= 11 is 0. The molecule has 30 heavy (non-hydrogen) atoms. The topological polar surface area (TPSA) is 83.0 Å². The van der Waals surface area contributed by atoms with Crippen LogP contribution in [-0.2, 0) is 6.42 Å². The molecule has 1 aliphatic heterocycles. The Balaban J connectivity index is 1.36. The number of rotatable bonds is 9. The fourth-order valence-electron chi connectivity index (χ4n) is 3.49. The molecule has 158 valence electrons. The number of carbonyl (C=O) groups is 2. The fourth-order valence-corrected chi connectivity index (χ4v) is 3.49. The van der Waals surface area contributed by atoms with Gasteiger partial charge in [0.15, 0.2) is 5.96 Å². The molecule has 0 aliphatic carbocycles. The van der Waals surface area contributed by atoms with E-state index in [-0.39, 0.29) is 11.8 Å². The Morgan fingerprint density at radius 1 is 0.933 bits per heavy atom. The van der Waals surface area contributed by atoms with Crippen molar-refractivity contribution in [2.75, 3.05) is 33.8 Å². The highest BCUT2D eigenvalue weighted by molar-refractivity contribution is 6.21. The Labute approximate surface area is 177 Å². The van der Waals surface area contributed by atoms with Gasteiger partial charge in [-0.25, -0.2) is 0 Å². The summed E-state index contributed by atoms with van der Waals surface area (Å²) < 4.78 is 5.37. The van der Waals surface area contributed by atoms with Gasteiger partial charge in [0, 0.05) is 26.7 Å². The molecule has 0 unspecified atom stereocenters. The molecule has 7 heteroatoms. The fraction of sp³-hybridized carbons (Fsp3) is 0.348. The number of nitrogens with zero attached hydrogens (tertiary/aromatic N) is 2. The molecule has 1 heterocycles. The smallest absolute Gasteiger partial charge is 0.261 e. The van der Waals surface area contributed by atoms with E-state index in [4.69, 9.17) is 4.74 Å². The van der Waals surface area contributed by atoms with Crippen LogP contribution in [0.3, 0.4) is 0 Å². The largest absolute Gasteiger partial charge is 0.496 e. The molecule has 0 saturated heterocycles. The summed E-state index contributed by atoms with van der Waals surface area (Å²) in [7, 11) is 3.41. The van der Waals surface area contributed by atoms with Crippen molar-refractivity contribution in [2.45, 2.75) is 19.3 Å². The maximum Gasteiger partial charge on any atom is 0.261 e. The number of nitrogens with one attached hydrogen (secondary N) is 2. The van der Waals surface area contributed by atoms with E-state index in [0.29, 0.717) is 24.2 Å². The Hall–Kier alpha value is -3.35. The molecule has 0 saturated carbocycles. The molecular weight excluding hydrogens is 380 g/mol. The van der Waals surface area contributed by atoms with Crippen LogP contribution in [0.25, 0.3) is 0 Å². The summed E-state index contributed by atoms with van der Waals surface area (Å²) in [6.07, 6.45) is 2.38. The molecule has 2 N–H and O–H groups in total. The zero-order valence-electron chi connectivity index (χ0n) is 17.5. The number of unbranched alkanes of at least 4 members (excludes halogenated alkanes) is 1. The Bertz CT molecular complexity index is 891. The first-order valence-corrected chi connectivity index (χ1v) is 10.2. The minimum absolute atomic E-state index is 0.197. The van der Waals surface area contributed by atoms with Gasteiger partial charge in [0.25, 0.3) is 11.8 Å². The van der Waals surface area contributed by atoms with E-state index in [1.165, 1.54) is 4.90 Å². The number of amides is 2. The molecule has 1 aliphatic rings. The lowest BCUT2D eigenvalue weighted by molar-refractivity contribution is 0.0652. The lowest BCUT2D eigenvalue weighted by Gasteiger charge is -2.15. The number of hydrogen-bond acceptors (Lipinski definition) is 4. The number of imide groups is 1. The number of methoxy groups -OCH3 is 1. The third kappa shape index (κ3) is 4.97. The van der Waals surface area contributed by atoms with E-state index in [9.17, 15) is 9.59 Å². The second-order valence-corrected chi connectivity index (χ2v) is 7.00. The summed E-state index contributed by atoms with van der Waals surface area (Å²) in [6, 6.07) is 14.9. The SMILES string of the molecule is CN=C(NCCCCN1C(=O)c2ccccc2C1=O)NCCc1ccccc1OC. The molecule has 3 rings (SSSR count). The summed E-state index contributed by atoms with van der Waals surface area (Å²) in [4.78, 5) is 30.3. The van der Waals surface area contributed by atoms with Crippen LogP contribution < -0.4 is 15.4 Å². The highest BCUT2D eigenvalue weighted by Crippen LogP contribution is 2.22. The molecule has 7 nitrogen and oxygen atoms in total. The van der Waals surface area contributed by atoms with Gasteiger partial charge >= 0.3 is 0 Å². The van der Waals surface area contributed by atoms with Crippen molar-refractivity contribution in [1.29, 1.82) is 0 Å². The first kappa shape index (κ1) is 21.4. The lowest BCUT2D eigenvalue weighted by Crippen LogP contribution is -2.39. The van der Waals surface area contributed by atoms with Crippen LogP contribution in [0.4, 0.5) is 0 Å². The monoisotopic (exact) mass is 408 g/mol. The van der Waals surface area contributed by atoms with Crippen molar-refractivity contribution in [3.63, 3.8) is 0 Å². The third-order valence-electron chi connectivity index (χ3n) is 5.08. The van der Waals surface area contributed by atoms with Gasteiger partial charge in [0.1, 0.15) is 5.75 Å². The second-order valence-electron chi connectivity index (χ2n) is 7.00. The van der Waals surface area contributed by atoms with Gasteiger partial charge in [-0.05, 0) is 43.0 Å². The number of para-hydroxylation sites is 1. The summed E-state index contributed by atoms with van der Waals surface area (Å²) in [5.41, 5.74) is 2.14. The molecule has 2 amide bonds. The predicted octanol–water partition coefficient (Wildman–Crippen LogP) is 2.48. The van der Waals surface area contributed by atoms with Crippen LogP contribution >= 0.6 is 0 Å². The number of aliphatic imine (C=N–C) groups is 1. The van der Waals surface area contributed by atoms with Crippen molar-refractivity contribution >= 4 is 17.8 Å². The summed E-state index contributed by atoms with van der Waals surface area (Å²) in [5, 5.41) is 6.56. The van der Waals surface area contributed by atoms with Crippen LogP contribution in [-0.4, -0.2) is 56.5 Å². The average molecular weight is 409 g/mol. The van der Waals surface area contributed by atoms with Gasteiger partial charge in [-0.3, -0.25) is 19.5 Å². The molecule has 2 aromatic carbocycles. The predicted molar refractivity (Wildman–Crippen MR) is 117 cm³/mol. The highest BCUT2D eigenvalue weighted by Gasteiger charge is 2.34. The summed E-state index contributed by atoms with van der Waals surface area (Å²) in [6.45, 7) is 1.86. The maximum absolute atomic E-state index is 12.4. The van der Waals surface area contributed by atoms with Gasteiger partial charge in [0.05, 0.1) is 18.2 Å². The molecular formula is C23H28N4O3. The van der Waals surface area contributed by atoms with E-state index in [0.717, 1.165) is 43.1 Å². The number of benzene rings is 2. The van der Waals surface area contributed by atoms with E-state index in [1.807, 2.05) is 18.2 Å². The van der Waals surface area contributed by atoms with Crippen molar-refractivity contribution in [3.8, 4) is 5.75 Å². The number of carbonyl (C=O) groups excluding carboxylic acids is 2. The van der Waals surface area contributed by atoms with Gasteiger partial charge in [-0.15, -0.1) is 0 Å². The van der Waals surface area contributed by atoms with Gasteiger partial charge in [-0.1, -0.05) is 30.3 Å². The number of hydrogen-bond donors (Lipinski definition) is 2. The Morgan fingerprint density at radius 2 is 1.57 bits per heavy atom. The minimum Gasteiger partial charge on any atom is -0.496 e. The first-order valence-electron chi connectivity index (χ1n) is 10.2. The standard InChI is InChI=1S/C23H28N4O3/c1-24-23(26-15-13-17-9-3-6-12-20(17)30-2)25-14-7-8-16-27-21(28)18-10-4-5-11-19(18)22(27)29/h3-6,9-12H,7-8,13-16H2,1-2H3,(H2,24,25,26). The van der Waals surface area contributed by atoms with Gasteiger partial charge in [0.2, 0.25) is 0 Å². The van der Waals surface area contributed by atoms with Gasteiger partial charge in [-0.2, -0.15) is 0 Å². The highest BCUT2D eigenvalue weighted by atomic mass is 16.5. The molecule has 2 aromatic rings. The molecule has 0 radical (unpaired) electrons. The third-order valence-corrected chi connectivity index (χ3v) is 5.08. The average Bonchev–Trinajstić information content (AvgIpc) is 3.02. The minimum atomic E-state index is -0.197. The van der Waals surface area contributed by atoms with E-state index in [1.54, 1.807) is 38.4 Å². The first-order chi connectivity index (χ1) is 14.7. The Kier molecular flexibility index (Phi) is 7.43. The van der Waals surface area contributed by atoms with Crippen LogP contribution in [0.5, 0.6) is 5.75 Å². The molecule has 0 atom stereocenters. The number of ether oxygens (including phenoxy) is 1. The lowest BCUT2D eigenvalue weighted by atomic mass is 10.1. The number of guanidine groups is 1. The number of fused-ring (bicyclic) bond motifs is 1. The zero-order chi connectivity index (χ0) is 21.3. The molecule has 0 fully saturated rings. The second kappa shape index (κ2) is 10.4. The van der Waals surface area contributed by atoms with Crippen LogP contribution in [0.15, 0.2) is 53.5 Å². The van der Waals surface area contributed by atoms with Crippen LogP contribution in [0, 0.1) is 0 Å². The van der Waals surface area contributed by atoms with Crippen molar-refractivity contribution in [3.05, 3.63) is 65.2 Å². The molecule has 0 spiro atoms.